The van der Waals surface area contributed by atoms with Gasteiger partial charge in [0.25, 0.3) is 10.2 Å². The molecule has 5 heteroatoms. The molecule has 0 amide bonds. The first-order valence-corrected chi connectivity index (χ1v) is 6.20. The number of rotatable bonds is 6. The molecular formula is C8H18N2O2S. The molecule has 78 valence electrons. The molecule has 0 spiro atoms. The van der Waals surface area contributed by atoms with Crippen LogP contribution >= 0.6 is 0 Å². The van der Waals surface area contributed by atoms with E-state index in [0.717, 1.165) is 19.3 Å². The Labute approximate surface area is 80.7 Å². The van der Waals surface area contributed by atoms with Gasteiger partial charge in [-0.05, 0) is 6.42 Å². The highest BCUT2D eigenvalue weighted by Gasteiger charge is 2.34. The van der Waals surface area contributed by atoms with E-state index in [0.29, 0.717) is 19.6 Å². The molecule has 0 aromatic rings. The quantitative estimate of drug-likeness (QED) is 0.473. The third kappa shape index (κ3) is 2.93. The van der Waals surface area contributed by atoms with Crippen LogP contribution in [-0.2, 0) is 10.2 Å². The van der Waals surface area contributed by atoms with Crippen molar-refractivity contribution in [2.24, 2.45) is 0 Å². The molecule has 1 rings (SSSR count). The standard InChI is InChI=1S/C8H18N2O2S/c1-3-4-5-6-9(2)13(11,12)10-7-8-10/h3-8H2,1-2H3. The van der Waals surface area contributed by atoms with Gasteiger partial charge in [0.2, 0.25) is 0 Å². The molecular weight excluding hydrogens is 188 g/mol. The van der Waals surface area contributed by atoms with Gasteiger partial charge in [0.15, 0.2) is 0 Å². The third-order valence-corrected chi connectivity index (χ3v) is 4.19. The largest absolute Gasteiger partial charge is 0.281 e. The second-order valence-electron chi connectivity index (χ2n) is 3.44. The molecule has 1 aliphatic rings. The van der Waals surface area contributed by atoms with Crippen molar-refractivity contribution >= 4 is 10.2 Å². The Bertz CT molecular complexity index is 247. The zero-order valence-electron chi connectivity index (χ0n) is 8.36. The highest BCUT2D eigenvalue weighted by molar-refractivity contribution is 7.87. The summed E-state index contributed by atoms with van der Waals surface area (Å²) in [6, 6.07) is 0. The minimum absolute atomic E-state index is 0.646. The van der Waals surface area contributed by atoms with Crippen molar-refractivity contribution in [3.63, 3.8) is 0 Å². The van der Waals surface area contributed by atoms with Gasteiger partial charge in [0.05, 0.1) is 0 Å². The molecule has 1 saturated heterocycles. The van der Waals surface area contributed by atoms with Gasteiger partial charge in [-0.1, -0.05) is 19.8 Å². The molecule has 0 aliphatic carbocycles. The molecule has 0 radical (unpaired) electrons. The van der Waals surface area contributed by atoms with Gasteiger partial charge in [-0.3, -0.25) is 0 Å². The molecule has 4 nitrogen and oxygen atoms in total. The van der Waals surface area contributed by atoms with Crippen LogP contribution in [0, 0.1) is 0 Å². The van der Waals surface area contributed by atoms with E-state index >= 15 is 0 Å². The SMILES string of the molecule is CCCCCN(C)S(=O)(=O)N1CC1. The fraction of sp³-hybridized carbons (Fsp3) is 1.00. The second-order valence-corrected chi connectivity index (χ2v) is 5.47. The topological polar surface area (TPSA) is 40.4 Å². The van der Waals surface area contributed by atoms with E-state index in [4.69, 9.17) is 0 Å². The van der Waals surface area contributed by atoms with E-state index in [1.165, 1.54) is 8.61 Å². The van der Waals surface area contributed by atoms with Crippen LogP contribution < -0.4 is 0 Å². The second kappa shape index (κ2) is 4.39. The maximum absolute atomic E-state index is 11.5. The van der Waals surface area contributed by atoms with Crippen LogP contribution in [0.15, 0.2) is 0 Å². The van der Waals surface area contributed by atoms with E-state index in [1.54, 1.807) is 7.05 Å². The van der Waals surface area contributed by atoms with Crippen LogP contribution in [0.3, 0.4) is 0 Å². The van der Waals surface area contributed by atoms with Crippen molar-refractivity contribution in [1.29, 1.82) is 0 Å². The van der Waals surface area contributed by atoms with Crippen molar-refractivity contribution in [1.82, 2.24) is 8.61 Å². The van der Waals surface area contributed by atoms with E-state index in [-0.39, 0.29) is 0 Å². The van der Waals surface area contributed by atoms with Crippen LogP contribution in [0.25, 0.3) is 0 Å². The van der Waals surface area contributed by atoms with E-state index < -0.39 is 10.2 Å². The smallest absolute Gasteiger partial charge is 0.195 e. The lowest BCUT2D eigenvalue weighted by Gasteiger charge is -2.16. The fourth-order valence-electron chi connectivity index (χ4n) is 1.17. The first-order valence-electron chi connectivity index (χ1n) is 4.80. The summed E-state index contributed by atoms with van der Waals surface area (Å²) in [7, 11) is -1.42. The molecule has 0 saturated carbocycles. The Kier molecular flexibility index (Phi) is 3.70. The fourth-order valence-corrected chi connectivity index (χ4v) is 2.47. The predicted molar refractivity (Wildman–Crippen MR) is 52.6 cm³/mol. The molecule has 0 aromatic carbocycles. The summed E-state index contributed by atoms with van der Waals surface area (Å²) in [6.07, 6.45) is 3.18. The van der Waals surface area contributed by atoms with Crippen molar-refractivity contribution in [3.05, 3.63) is 0 Å². The van der Waals surface area contributed by atoms with Crippen LogP contribution in [0.4, 0.5) is 0 Å². The van der Waals surface area contributed by atoms with Crippen LogP contribution in [0.5, 0.6) is 0 Å². The maximum Gasteiger partial charge on any atom is 0.281 e. The average Bonchev–Trinajstić information content (AvgIpc) is 2.86. The van der Waals surface area contributed by atoms with Gasteiger partial charge in [-0.15, -0.1) is 0 Å². The predicted octanol–water partition coefficient (Wildman–Crippen LogP) is 0.669. The van der Waals surface area contributed by atoms with Gasteiger partial charge in [-0.25, -0.2) is 0 Å². The third-order valence-electron chi connectivity index (χ3n) is 2.20. The van der Waals surface area contributed by atoms with Crippen LogP contribution in [0.2, 0.25) is 0 Å². The van der Waals surface area contributed by atoms with Crippen molar-refractivity contribution < 1.29 is 8.42 Å². The molecule has 0 N–H and O–H groups in total. The van der Waals surface area contributed by atoms with Crippen molar-refractivity contribution in [3.8, 4) is 0 Å². The Morgan fingerprint density at radius 1 is 1.31 bits per heavy atom. The highest BCUT2D eigenvalue weighted by Crippen LogP contribution is 2.15. The van der Waals surface area contributed by atoms with Gasteiger partial charge >= 0.3 is 0 Å². The summed E-state index contributed by atoms with van der Waals surface area (Å²) in [5.74, 6) is 0. The van der Waals surface area contributed by atoms with Crippen molar-refractivity contribution in [2.75, 3.05) is 26.7 Å². The number of hydrogen-bond acceptors (Lipinski definition) is 2. The normalized spacial score (nSPS) is 18.1. The Hall–Kier alpha value is -0.130. The average molecular weight is 206 g/mol. The maximum atomic E-state index is 11.5. The van der Waals surface area contributed by atoms with E-state index in [1.807, 2.05) is 0 Å². The van der Waals surface area contributed by atoms with Crippen molar-refractivity contribution in [2.45, 2.75) is 26.2 Å². The lowest BCUT2D eigenvalue weighted by Crippen LogP contribution is -2.33. The number of hydrogen-bond donors (Lipinski definition) is 0. The number of unbranched alkanes of at least 4 members (excludes halogenated alkanes) is 2. The van der Waals surface area contributed by atoms with Crippen LogP contribution in [-0.4, -0.2) is 43.7 Å². The molecule has 1 fully saturated rings. The lowest BCUT2D eigenvalue weighted by molar-refractivity contribution is 0.431. The summed E-state index contributed by atoms with van der Waals surface area (Å²) in [5.41, 5.74) is 0. The highest BCUT2D eigenvalue weighted by atomic mass is 32.2. The van der Waals surface area contributed by atoms with Crippen LogP contribution in [0.1, 0.15) is 26.2 Å². The zero-order chi connectivity index (χ0) is 9.90. The van der Waals surface area contributed by atoms with Gasteiger partial charge in [0, 0.05) is 26.7 Å². The minimum Gasteiger partial charge on any atom is -0.195 e. The minimum atomic E-state index is -3.08. The first-order chi connectivity index (χ1) is 6.09. The summed E-state index contributed by atoms with van der Waals surface area (Å²) in [6.45, 7) is 4.15. The first kappa shape index (κ1) is 10.9. The Morgan fingerprint density at radius 3 is 2.38 bits per heavy atom. The molecule has 0 unspecified atom stereocenters. The summed E-state index contributed by atoms with van der Waals surface area (Å²) in [4.78, 5) is 0. The molecule has 0 aromatic heterocycles. The van der Waals surface area contributed by atoms with Gasteiger partial charge in [0.1, 0.15) is 0 Å². The van der Waals surface area contributed by atoms with Gasteiger partial charge < -0.3 is 0 Å². The molecule has 1 aliphatic heterocycles. The lowest BCUT2D eigenvalue weighted by atomic mass is 10.2. The monoisotopic (exact) mass is 206 g/mol. The van der Waals surface area contributed by atoms with E-state index in [2.05, 4.69) is 6.92 Å². The summed E-state index contributed by atoms with van der Waals surface area (Å²) >= 11 is 0. The Morgan fingerprint density at radius 2 is 1.92 bits per heavy atom. The molecule has 0 bridgehead atoms. The summed E-state index contributed by atoms with van der Waals surface area (Å²) in [5, 5.41) is 0. The zero-order valence-corrected chi connectivity index (χ0v) is 9.18. The molecule has 1 heterocycles. The van der Waals surface area contributed by atoms with Gasteiger partial charge in [-0.2, -0.15) is 17.0 Å². The Balaban J connectivity index is 2.33. The molecule has 0 atom stereocenters. The van der Waals surface area contributed by atoms with E-state index in [9.17, 15) is 8.42 Å². The number of nitrogens with zero attached hydrogens (tertiary/aromatic N) is 2. The molecule has 13 heavy (non-hydrogen) atoms. The summed E-state index contributed by atoms with van der Waals surface area (Å²) < 4.78 is 26.0.